The third kappa shape index (κ3) is 3.72. The average molecular weight is 338 g/mol. The lowest BCUT2D eigenvalue weighted by atomic mass is 10.1. The Morgan fingerprint density at radius 2 is 2.00 bits per heavy atom. The van der Waals surface area contributed by atoms with Crippen molar-refractivity contribution in [2.75, 3.05) is 18.5 Å². The van der Waals surface area contributed by atoms with Gasteiger partial charge >= 0.3 is 6.03 Å². The van der Waals surface area contributed by atoms with E-state index in [4.69, 9.17) is 0 Å². The SMILES string of the molecule is CC(=O)c1cccc(NC(=O)N(CCO)[C@H]2CCc3ccccc32)c1. The number of Topliss-reactive ketones (excluding diaryl/α,β-unsaturated/α-hetero) is 1. The van der Waals surface area contributed by atoms with E-state index in [1.807, 2.05) is 18.2 Å². The van der Waals surface area contributed by atoms with Crippen molar-refractivity contribution in [1.29, 1.82) is 0 Å². The lowest BCUT2D eigenvalue weighted by Crippen LogP contribution is -2.39. The number of aliphatic hydroxyl groups excluding tert-OH is 1. The average Bonchev–Trinajstić information content (AvgIpc) is 3.03. The van der Waals surface area contributed by atoms with Crippen molar-refractivity contribution in [3.8, 4) is 0 Å². The summed E-state index contributed by atoms with van der Waals surface area (Å²) in [6, 6.07) is 14.7. The standard InChI is InChI=1S/C20H22N2O3/c1-14(24)16-6-4-7-17(13-16)21-20(25)22(11-12-23)19-10-9-15-5-2-3-8-18(15)19/h2-8,13,19,23H,9-12H2,1H3,(H,21,25)/t19-/m0/s1. The van der Waals surface area contributed by atoms with Crippen LogP contribution in [0.2, 0.25) is 0 Å². The molecule has 3 rings (SSSR count). The number of urea groups is 1. The summed E-state index contributed by atoms with van der Waals surface area (Å²) in [5.41, 5.74) is 3.52. The third-order valence-electron chi connectivity index (χ3n) is 4.60. The number of amides is 2. The second-order valence-corrected chi connectivity index (χ2v) is 6.24. The first-order chi connectivity index (χ1) is 12.1. The van der Waals surface area contributed by atoms with Crippen LogP contribution in [0.25, 0.3) is 0 Å². The molecule has 1 atom stereocenters. The van der Waals surface area contributed by atoms with Gasteiger partial charge in [-0.2, -0.15) is 0 Å². The van der Waals surface area contributed by atoms with Crippen LogP contribution < -0.4 is 5.32 Å². The monoisotopic (exact) mass is 338 g/mol. The number of rotatable bonds is 5. The molecule has 1 aliphatic rings. The summed E-state index contributed by atoms with van der Waals surface area (Å²) >= 11 is 0. The van der Waals surface area contributed by atoms with E-state index in [1.54, 1.807) is 29.2 Å². The van der Waals surface area contributed by atoms with Crippen molar-refractivity contribution in [2.45, 2.75) is 25.8 Å². The number of hydrogen-bond acceptors (Lipinski definition) is 3. The zero-order valence-electron chi connectivity index (χ0n) is 14.2. The smallest absolute Gasteiger partial charge is 0.322 e. The minimum absolute atomic E-state index is 0.0423. The lowest BCUT2D eigenvalue weighted by Gasteiger charge is -2.29. The van der Waals surface area contributed by atoms with Gasteiger partial charge in [0.15, 0.2) is 5.78 Å². The van der Waals surface area contributed by atoms with Crippen LogP contribution in [0.3, 0.4) is 0 Å². The summed E-state index contributed by atoms with van der Waals surface area (Å²) in [5.74, 6) is -0.0481. The summed E-state index contributed by atoms with van der Waals surface area (Å²) in [5, 5.41) is 12.3. The molecule has 1 aliphatic carbocycles. The number of nitrogens with zero attached hydrogens (tertiary/aromatic N) is 1. The fraction of sp³-hybridized carbons (Fsp3) is 0.300. The van der Waals surface area contributed by atoms with Gasteiger partial charge in [-0.25, -0.2) is 4.79 Å². The molecule has 0 heterocycles. The van der Waals surface area contributed by atoms with Crippen LogP contribution in [0.4, 0.5) is 10.5 Å². The fourth-order valence-electron chi connectivity index (χ4n) is 3.38. The van der Waals surface area contributed by atoms with E-state index in [0.717, 1.165) is 18.4 Å². The fourth-order valence-corrected chi connectivity index (χ4v) is 3.38. The number of benzene rings is 2. The molecule has 0 aromatic heterocycles. The number of hydrogen-bond donors (Lipinski definition) is 2. The molecule has 2 amide bonds. The van der Waals surface area contributed by atoms with Gasteiger partial charge in [0, 0.05) is 17.8 Å². The van der Waals surface area contributed by atoms with Crippen molar-refractivity contribution in [1.82, 2.24) is 4.90 Å². The minimum Gasteiger partial charge on any atom is -0.395 e. The largest absolute Gasteiger partial charge is 0.395 e. The lowest BCUT2D eigenvalue weighted by molar-refractivity contribution is 0.101. The van der Waals surface area contributed by atoms with Crippen LogP contribution in [0, 0.1) is 0 Å². The molecule has 2 N–H and O–H groups in total. The van der Waals surface area contributed by atoms with Gasteiger partial charge in [0.2, 0.25) is 0 Å². The van der Waals surface area contributed by atoms with E-state index < -0.39 is 0 Å². The van der Waals surface area contributed by atoms with Gasteiger partial charge in [0.1, 0.15) is 0 Å². The molecule has 5 heteroatoms. The molecule has 0 unspecified atom stereocenters. The van der Waals surface area contributed by atoms with Gasteiger partial charge in [0.05, 0.1) is 12.6 Å². The van der Waals surface area contributed by atoms with Gasteiger partial charge in [-0.15, -0.1) is 0 Å². The van der Waals surface area contributed by atoms with E-state index in [-0.39, 0.29) is 31.0 Å². The number of fused-ring (bicyclic) bond motifs is 1. The molecule has 0 aliphatic heterocycles. The number of ketones is 1. The maximum absolute atomic E-state index is 12.8. The Balaban J connectivity index is 1.80. The van der Waals surface area contributed by atoms with Crippen molar-refractivity contribution in [3.05, 3.63) is 65.2 Å². The Morgan fingerprint density at radius 1 is 1.20 bits per heavy atom. The molecule has 130 valence electrons. The van der Waals surface area contributed by atoms with Gasteiger partial charge in [-0.3, -0.25) is 4.79 Å². The number of carbonyl (C=O) groups is 2. The van der Waals surface area contributed by atoms with Gasteiger partial charge < -0.3 is 15.3 Å². The van der Waals surface area contributed by atoms with E-state index >= 15 is 0 Å². The maximum atomic E-state index is 12.8. The molecular weight excluding hydrogens is 316 g/mol. The van der Waals surface area contributed by atoms with Crippen molar-refractivity contribution in [3.63, 3.8) is 0 Å². The molecule has 25 heavy (non-hydrogen) atoms. The van der Waals surface area contributed by atoms with Crippen LogP contribution in [-0.4, -0.2) is 35.0 Å². The van der Waals surface area contributed by atoms with Crippen LogP contribution in [0.1, 0.15) is 40.9 Å². The molecular formula is C20H22N2O3. The summed E-state index contributed by atoms with van der Waals surface area (Å²) < 4.78 is 0. The molecule has 5 nitrogen and oxygen atoms in total. The first kappa shape index (κ1) is 17.2. The molecule has 0 radical (unpaired) electrons. The summed E-state index contributed by atoms with van der Waals surface area (Å²) in [7, 11) is 0. The molecule has 0 spiro atoms. The van der Waals surface area contributed by atoms with Crippen LogP contribution in [0.15, 0.2) is 48.5 Å². The Labute approximate surface area is 147 Å². The number of aryl methyl sites for hydroxylation is 1. The van der Waals surface area contributed by atoms with Gasteiger partial charge in [-0.05, 0) is 43.0 Å². The topological polar surface area (TPSA) is 69.6 Å². The Kier molecular flexibility index (Phi) is 5.14. The zero-order valence-corrected chi connectivity index (χ0v) is 14.2. The molecule has 0 saturated heterocycles. The summed E-state index contributed by atoms with van der Waals surface area (Å²) in [6.07, 6.45) is 1.77. The van der Waals surface area contributed by atoms with E-state index in [0.29, 0.717) is 11.3 Å². The van der Waals surface area contributed by atoms with Gasteiger partial charge in [-0.1, -0.05) is 36.4 Å². The highest BCUT2D eigenvalue weighted by Crippen LogP contribution is 2.35. The Bertz CT molecular complexity index is 788. The van der Waals surface area contributed by atoms with Crippen LogP contribution in [-0.2, 0) is 6.42 Å². The number of carbonyl (C=O) groups excluding carboxylic acids is 2. The van der Waals surface area contributed by atoms with Crippen molar-refractivity contribution < 1.29 is 14.7 Å². The van der Waals surface area contributed by atoms with Crippen molar-refractivity contribution in [2.24, 2.45) is 0 Å². The number of aliphatic hydroxyl groups is 1. The van der Waals surface area contributed by atoms with Gasteiger partial charge in [0.25, 0.3) is 0 Å². The predicted molar refractivity (Wildman–Crippen MR) is 96.8 cm³/mol. The normalized spacial score (nSPS) is 15.5. The molecule has 0 bridgehead atoms. The molecule has 0 fully saturated rings. The predicted octanol–water partition coefficient (Wildman–Crippen LogP) is 3.40. The minimum atomic E-state index is -0.267. The van der Waals surface area contributed by atoms with E-state index in [9.17, 15) is 14.7 Å². The number of anilines is 1. The van der Waals surface area contributed by atoms with Crippen molar-refractivity contribution >= 4 is 17.5 Å². The highest BCUT2D eigenvalue weighted by Gasteiger charge is 2.30. The summed E-state index contributed by atoms with van der Waals surface area (Å²) in [4.78, 5) is 26.0. The highest BCUT2D eigenvalue weighted by atomic mass is 16.3. The van der Waals surface area contributed by atoms with E-state index in [2.05, 4.69) is 11.4 Å². The van der Waals surface area contributed by atoms with Crippen LogP contribution >= 0.6 is 0 Å². The first-order valence-electron chi connectivity index (χ1n) is 8.47. The molecule has 0 saturated carbocycles. The second kappa shape index (κ2) is 7.49. The second-order valence-electron chi connectivity index (χ2n) is 6.24. The van der Waals surface area contributed by atoms with E-state index in [1.165, 1.54) is 12.5 Å². The third-order valence-corrected chi connectivity index (χ3v) is 4.60. The summed E-state index contributed by atoms with van der Waals surface area (Å²) in [6.45, 7) is 1.66. The number of nitrogens with one attached hydrogen (secondary N) is 1. The molecule has 2 aromatic carbocycles. The van der Waals surface area contributed by atoms with Crippen LogP contribution in [0.5, 0.6) is 0 Å². The maximum Gasteiger partial charge on any atom is 0.322 e. The molecule has 2 aromatic rings. The Morgan fingerprint density at radius 3 is 2.76 bits per heavy atom. The Hall–Kier alpha value is -2.66. The zero-order chi connectivity index (χ0) is 17.8. The first-order valence-corrected chi connectivity index (χ1v) is 8.47. The highest BCUT2D eigenvalue weighted by molar-refractivity contribution is 5.96. The quantitative estimate of drug-likeness (QED) is 0.821.